The van der Waals surface area contributed by atoms with Crippen molar-refractivity contribution in [2.45, 2.75) is 76.5 Å². The fourth-order valence-electron chi connectivity index (χ4n) is 9.75. The quantitative estimate of drug-likeness (QED) is 0.133. The Labute approximate surface area is 377 Å². The second-order valence-electron chi connectivity index (χ2n) is 18.5. The summed E-state index contributed by atoms with van der Waals surface area (Å²) in [6, 6.07) is 36.6. The van der Waals surface area contributed by atoms with Crippen LogP contribution in [0, 0.1) is 5.92 Å². The maximum atomic E-state index is 15.5. The van der Waals surface area contributed by atoms with E-state index in [9.17, 15) is 4.79 Å². The first-order valence-corrected chi connectivity index (χ1v) is 24.9. The highest BCUT2D eigenvalue weighted by atomic mass is 35.5. The van der Waals surface area contributed by atoms with E-state index in [0.29, 0.717) is 28.0 Å². The Balaban J connectivity index is 1.17. The number of hydrogen-bond acceptors (Lipinski definition) is 7. The number of rotatable bonds is 12. The molecule has 1 saturated carbocycles. The molecule has 3 heterocycles. The van der Waals surface area contributed by atoms with Gasteiger partial charge in [0.15, 0.2) is 5.17 Å². The van der Waals surface area contributed by atoms with Crippen LogP contribution in [0.5, 0.6) is 0 Å². The van der Waals surface area contributed by atoms with Crippen molar-refractivity contribution in [1.82, 2.24) is 19.6 Å². The van der Waals surface area contributed by atoms with Crippen molar-refractivity contribution in [1.29, 1.82) is 0 Å². The number of benzene rings is 4. The van der Waals surface area contributed by atoms with E-state index in [4.69, 9.17) is 32.6 Å². The second-order valence-corrected chi connectivity index (χ2v) is 24.7. The van der Waals surface area contributed by atoms with Gasteiger partial charge >= 0.3 is 0 Å². The first-order valence-electron chi connectivity index (χ1n) is 21.4. The summed E-state index contributed by atoms with van der Waals surface area (Å²) in [6.07, 6.45) is 2.18. The van der Waals surface area contributed by atoms with E-state index >= 15 is 4.79 Å². The predicted octanol–water partition coefficient (Wildman–Crippen LogP) is 8.95. The van der Waals surface area contributed by atoms with Crippen LogP contribution in [-0.2, 0) is 19.6 Å². The molecule has 61 heavy (non-hydrogen) atoms. The van der Waals surface area contributed by atoms with Gasteiger partial charge in [-0.05, 0) is 95.3 Å². The van der Waals surface area contributed by atoms with Crippen molar-refractivity contribution < 1.29 is 14.0 Å². The third-order valence-corrected chi connectivity index (χ3v) is 19.9. The molecule has 1 saturated heterocycles. The minimum Gasteiger partial charge on any atom is -0.406 e. The minimum absolute atomic E-state index is 0.0277. The van der Waals surface area contributed by atoms with Gasteiger partial charge in [-0.25, -0.2) is 4.99 Å². The third-order valence-electron chi connectivity index (χ3n) is 13.3. The van der Waals surface area contributed by atoms with Gasteiger partial charge in [-0.2, -0.15) is 0 Å². The summed E-state index contributed by atoms with van der Waals surface area (Å²) in [5, 5.41) is 4.15. The van der Waals surface area contributed by atoms with Crippen LogP contribution in [-0.4, -0.2) is 96.8 Å². The number of piperazine rings is 1. The summed E-state index contributed by atoms with van der Waals surface area (Å²) >= 11 is 14.2. The third kappa shape index (κ3) is 8.13. The Hall–Kier alpha value is -3.90. The lowest BCUT2D eigenvalue weighted by Gasteiger charge is -2.43. The van der Waals surface area contributed by atoms with E-state index in [0.717, 1.165) is 41.4 Å². The number of amides is 2. The number of halogens is 2. The lowest BCUT2D eigenvalue weighted by Crippen LogP contribution is -2.67. The van der Waals surface area contributed by atoms with Crippen molar-refractivity contribution >= 4 is 70.6 Å². The van der Waals surface area contributed by atoms with Gasteiger partial charge in [0.2, 0.25) is 5.91 Å². The van der Waals surface area contributed by atoms with E-state index in [-0.39, 0.29) is 54.0 Å². The Bertz CT molecular complexity index is 2280. The molecule has 2 atom stereocenters. The molecule has 8 nitrogen and oxygen atoms in total. The molecule has 4 aromatic rings. The fraction of sp³-hybridized carbons (Fsp3) is 0.408. The molecule has 1 aliphatic carbocycles. The largest absolute Gasteiger partial charge is 0.406 e. The molecule has 1 spiro atoms. The minimum atomic E-state index is -2.93. The smallest absolute Gasteiger partial charge is 0.263 e. The van der Waals surface area contributed by atoms with Gasteiger partial charge < -0.3 is 19.1 Å². The fourth-order valence-corrected chi connectivity index (χ4v) is 15.9. The molecule has 0 N–H and O–H groups in total. The van der Waals surface area contributed by atoms with Crippen LogP contribution in [0.1, 0.15) is 71.6 Å². The summed E-state index contributed by atoms with van der Waals surface area (Å²) in [7, 11) is -0.766. The van der Waals surface area contributed by atoms with Crippen LogP contribution in [0.2, 0.25) is 15.1 Å². The second kappa shape index (κ2) is 17.0. The van der Waals surface area contributed by atoms with E-state index in [1.165, 1.54) is 22.1 Å². The zero-order chi connectivity index (χ0) is 43.3. The molecule has 4 aliphatic rings. The molecule has 0 aromatic heterocycles. The molecular formula is C49H57Cl2N5O3SSi. The molecule has 2 fully saturated rings. The number of amidine groups is 1. The zero-order valence-electron chi connectivity index (χ0n) is 36.3. The summed E-state index contributed by atoms with van der Waals surface area (Å²) in [5.74, 6) is -0.247. The van der Waals surface area contributed by atoms with Crippen LogP contribution in [0.3, 0.4) is 0 Å². The van der Waals surface area contributed by atoms with Crippen LogP contribution in [0.15, 0.2) is 125 Å². The highest BCUT2D eigenvalue weighted by Gasteiger charge is 2.55. The van der Waals surface area contributed by atoms with E-state index in [1.807, 2.05) is 53.4 Å². The summed E-state index contributed by atoms with van der Waals surface area (Å²) in [5.41, 5.74) is 2.30. The average molecular weight is 895 g/mol. The molecular weight excluding hydrogens is 838 g/mol. The normalized spacial score (nSPS) is 21.3. The summed E-state index contributed by atoms with van der Waals surface area (Å²) in [6.45, 7) is 15.8. The van der Waals surface area contributed by atoms with Crippen LogP contribution >= 0.6 is 35.0 Å². The molecule has 0 radical (unpaired) electrons. The Morgan fingerprint density at radius 2 is 1.46 bits per heavy atom. The van der Waals surface area contributed by atoms with E-state index < -0.39 is 13.9 Å². The van der Waals surface area contributed by atoms with Crippen molar-refractivity contribution in [3.8, 4) is 0 Å². The van der Waals surface area contributed by atoms with E-state index in [1.54, 1.807) is 4.90 Å². The van der Waals surface area contributed by atoms with Gasteiger partial charge in [0, 0.05) is 47.5 Å². The number of hydrogen-bond donors (Lipinski definition) is 0. The summed E-state index contributed by atoms with van der Waals surface area (Å²) < 4.78 is 7.35. The number of carbonyl (C=O) groups excluding carboxylic acids is 2. The number of nitrogens with zero attached hydrogens (tertiary/aromatic N) is 5. The maximum absolute atomic E-state index is 15.5. The topological polar surface area (TPSA) is 68.7 Å². The van der Waals surface area contributed by atoms with Crippen molar-refractivity contribution in [3.63, 3.8) is 0 Å². The number of allylic oxidation sites excluding steroid dienone is 1. The molecule has 3 aliphatic heterocycles. The summed E-state index contributed by atoms with van der Waals surface area (Å²) in [4.78, 5) is 44.4. The van der Waals surface area contributed by atoms with Crippen LogP contribution < -0.4 is 10.4 Å². The molecule has 8 rings (SSSR count). The number of likely N-dealkylation sites (N-methyl/N-ethyl adjacent to an activating group) is 1. The van der Waals surface area contributed by atoms with Gasteiger partial charge in [0.1, 0.15) is 17.0 Å². The average Bonchev–Trinajstić information content (AvgIpc) is 3.83. The zero-order valence-corrected chi connectivity index (χ0v) is 39.7. The van der Waals surface area contributed by atoms with Crippen LogP contribution in [0.4, 0.5) is 0 Å². The number of aliphatic imine (C=N–C) groups is 1. The maximum Gasteiger partial charge on any atom is 0.263 e. The molecule has 0 unspecified atom stereocenters. The van der Waals surface area contributed by atoms with Gasteiger partial charge in [-0.15, -0.1) is 0 Å². The van der Waals surface area contributed by atoms with Crippen molar-refractivity contribution in [3.05, 3.63) is 141 Å². The van der Waals surface area contributed by atoms with Crippen molar-refractivity contribution in [2.24, 2.45) is 10.9 Å². The molecule has 320 valence electrons. The van der Waals surface area contributed by atoms with Crippen LogP contribution in [0.25, 0.3) is 0 Å². The van der Waals surface area contributed by atoms with Crippen molar-refractivity contribution in [2.75, 3.05) is 46.4 Å². The van der Waals surface area contributed by atoms with Gasteiger partial charge in [0.25, 0.3) is 14.2 Å². The first-order chi connectivity index (χ1) is 29.1. The molecule has 12 heteroatoms. The lowest BCUT2D eigenvalue weighted by atomic mass is 9.81. The van der Waals surface area contributed by atoms with E-state index in [2.05, 4.69) is 119 Å². The number of thioether (sulfide) groups is 1. The monoisotopic (exact) mass is 893 g/mol. The van der Waals surface area contributed by atoms with Gasteiger partial charge in [0.05, 0.1) is 12.6 Å². The SMILES string of the molecule is CC(C)C1=C(C(=O)N(CCO[Si](c2ccccc2)(c2ccccc2)C(C)(C)C)CC(=O)N2CCN(C)C3(CC3)C2)SC2=N[C@@](C)(c3ccc(Cl)cc3)[C@@H](c3ccc(Cl)cc3)N21. The first kappa shape index (κ1) is 43.7. The Morgan fingerprint density at radius 3 is 2.00 bits per heavy atom. The molecule has 2 amide bonds. The Morgan fingerprint density at radius 1 is 0.885 bits per heavy atom. The molecule has 0 bridgehead atoms. The Kier molecular flexibility index (Phi) is 12.2. The van der Waals surface area contributed by atoms with Gasteiger partial charge in [-0.3, -0.25) is 14.5 Å². The predicted molar refractivity (Wildman–Crippen MR) is 253 cm³/mol. The number of fused-ring (bicyclic) bond motifs is 1. The van der Waals surface area contributed by atoms with Gasteiger partial charge in [-0.1, -0.05) is 143 Å². The highest BCUT2D eigenvalue weighted by Crippen LogP contribution is 2.56. The lowest BCUT2D eigenvalue weighted by molar-refractivity contribution is -0.140. The standard InChI is InChI=1S/C49H57Cl2N5O3SSi/c1-34(2)42-43(60-46-52-48(6,36-20-24-38(51)25-21-36)44(56(42)46)35-18-22-37(50)23-19-35)45(58)54(32-41(57)55-29-28-53(7)49(33-55)26-27-49)30-31-59-61(47(3,4)5,39-14-10-8-11-15-39)40-16-12-9-13-17-40/h8-25,34,44H,26-33H2,1-7H3/t44-,48+/m1/s1. The molecule has 4 aromatic carbocycles. The highest BCUT2D eigenvalue weighted by molar-refractivity contribution is 8.18. The number of carbonyl (C=O) groups is 2.